The molecule has 0 aromatic heterocycles. The van der Waals surface area contributed by atoms with Gasteiger partial charge in [-0.15, -0.1) is 0 Å². The van der Waals surface area contributed by atoms with Crippen molar-refractivity contribution in [2.24, 2.45) is 5.10 Å². The van der Waals surface area contributed by atoms with E-state index < -0.39 is 5.72 Å². The number of hydrogen-bond donors (Lipinski definition) is 1. The van der Waals surface area contributed by atoms with E-state index in [0.29, 0.717) is 0 Å². The van der Waals surface area contributed by atoms with E-state index in [1.165, 1.54) is 0 Å². The maximum Gasteiger partial charge on any atom is 0.198 e. The molecule has 134 valence electrons. The number of aromatic hydroxyl groups is 1. The molecule has 5 nitrogen and oxygen atoms in total. The SMILES string of the molecule is COc1cccc2c1OC1(CCCC1)N1N=C(c3ccccc3O)C[C@H]21. The molecule has 0 unspecified atom stereocenters. The molecule has 2 aliphatic heterocycles. The molecular formula is C21H22N2O3. The second-order valence-electron chi connectivity index (χ2n) is 7.26. The zero-order valence-electron chi connectivity index (χ0n) is 14.8. The Morgan fingerprint density at radius 1 is 1.15 bits per heavy atom. The summed E-state index contributed by atoms with van der Waals surface area (Å²) in [5.74, 6) is 1.91. The predicted octanol–water partition coefficient (Wildman–Crippen LogP) is 4.21. The summed E-state index contributed by atoms with van der Waals surface area (Å²) in [5.41, 5.74) is 2.42. The van der Waals surface area contributed by atoms with Gasteiger partial charge in [-0.1, -0.05) is 24.3 Å². The molecule has 5 heteroatoms. The average molecular weight is 350 g/mol. The highest BCUT2D eigenvalue weighted by Gasteiger charge is 2.52. The molecular weight excluding hydrogens is 328 g/mol. The summed E-state index contributed by atoms with van der Waals surface area (Å²) in [6.07, 6.45) is 4.93. The fourth-order valence-corrected chi connectivity index (χ4v) is 4.57. The second-order valence-corrected chi connectivity index (χ2v) is 7.26. The molecule has 2 aromatic carbocycles. The van der Waals surface area contributed by atoms with E-state index in [2.05, 4.69) is 11.1 Å². The molecule has 1 saturated carbocycles. The third kappa shape index (κ3) is 2.13. The maximum atomic E-state index is 10.3. The van der Waals surface area contributed by atoms with E-state index in [1.807, 2.05) is 30.3 Å². The van der Waals surface area contributed by atoms with E-state index in [4.69, 9.17) is 14.6 Å². The lowest BCUT2D eigenvalue weighted by molar-refractivity contribution is -0.115. The van der Waals surface area contributed by atoms with Crippen LogP contribution in [0.2, 0.25) is 0 Å². The van der Waals surface area contributed by atoms with Crippen molar-refractivity contribution in [3.63, 3.8) is 0 Å². The molecule has 2 heterocycles. The van der Waals surface area contributed by atoms with Gasteiger partial charge in [0.25, 0.3) is 0 Å². The van der Waals surface area contributed by atoms with Crippen LogP contribution in [0.3, 0.4) is 0 Å². The van der Waals surface area contributed by atoms with Gasteiger partial charge >= 0.3 is 0 Å². The molecule has 2 aromatic rings. The molecule has 5 rings (SSSR count). The molecule has 1 spiro atoms. The first-order chi connectivity index (χ1) is 12.7. The quantitative estimate of drug-likeness (QED) is 0.881. The molecule has 0 bridgehead atoms. The van der Waals surface area contributed by atoms with E-state index >= 15 is 0 Å². The van der Waals surface area contributed by atoms with Gasteiger partial charge in [0.2, 0.25) is 0 Å². The Balaban J connectivity index is 1.64. The van der Waals surface area contributed by atoms with E-state index in [9.17, 15) is 5.11 Å². The van der Waals surface area contributed by atoms with Gasteiger partial charge in [-0.2, -0.15) is 5.10 Å². The van der Waals surface area contributed by atoms with Crippen LogP contribution in [0, 0.1) is 0 Å². The first-order valence-corrected chi connectivity index (χ1v) is 9.23. The molecule has 0 radical (unpaired) electrons. The van der Waals surface area contributed by atoms with Gasteiger partial charge in [0.1, 0.15) is 5.75 Å². The molecule has 1 atom stereocenters. The topological polar surface area (TPSA) is 54.3 Å². The van der Waals surface area contributed by atoms with Crippen molar-refractivity contribution in [3.05, 3.63) is 53.6 Å². The largest absolute Gasteiger partial charge is 0.507 e. The van der Waals surface area contributed by atoms with Crippen LogP contribution in [-0.4, -0.2) is 28.7 Å². The Morgan fingerprint density at radius 2 is 1.96 bits per heavy atom. The lowest BCUT2D eigenvalue weighted by Crippen LogP contribution is -2.51. The lowest BCUT2D eigenvalue weighted by Gasteiger charge is -2.46. The Morgan fingerprint density at radius 3 is 2.73 bits per heavy atom. The van der Waals surface area contributed by atoms with Gasteiger partial charge < -0.3 is 14.6 Å². The molecule has 1 fully saturated rings. The minimum Gasteiger partial charge on any atom is -0.507 e. The van der Waals surface area contributed by atoms with Crippen LogP contribution in [0.25, 0.3) is 0 Å². The number of phenolic OH excluding ortho intramolecular Hbond substituents is 1. The average Bonchev–Trinajstić information content (AvgIpc) is 3.30. The Kier molecular flexibility index (Phi) is 3.39. The van der Waals surface area contributed by atoms with E-state index in [-0.39, 0.29) is 11.8 Å². The number of fused-ring (bicyclic) bond motifs is 4. The number of hydrazone groups is 1. The molecule has 1 N–H and O–H groups in total. The Hall–Kier alpha value is -2.69. The summed E-state index contributed by atoms with van der Waals surface area (Å²) >= 11 is 0. The molecule has 3 aliphatic rings. The highest BCUT2D eigenvalue weighted by atomic mass is 16.5. The third-order valence-corrected chi connectivity index (χ3v) is 5.81. The number of methoxy groups -OCH3 is 1. The second kappa shape index (κ2) is 5.66. The number of ether oxygens (including phenoxy) is 2. The first-order valence-electron chi connectivity index (χ1n) is 9.23. The summed E-state index contributed by atoms with van der Waals surface area (Å²) in [6.45, 7) is 0. The van der Waals surface area contributed by atoms with Crippen molar-refractivity contribution in [2.75, 3.05) is 7.11 Å². The van der Waals surface area contributed by atoms with Crippen molar-refractivity contribution < 1.29 is 14.6 Å². The van der Waals surface area contributed by atoms with Crippen LogP contribution in [0.5, 0.6) is 17.2 Å². The normalized spacial score (nSPS) is 22.6. The van der Waals surface area contributed by atoms with Crippen molar-refractivity contribution in [3.8, 4) is 17.2 Å². The molecule has 1 aliphatic carbocycles. The van der Waals surface area contributed by atoms with Gasteiger partial charge in [0, 0.05) is 30.4 Å². The standard InChI is InChI=1S/C21H22N2O3/c1-25-19-10-6-8-15-17-13-16(14-7-2-3-9-18(14)24)22-23(17)21(26-20(15)19)11-4-5-12-21/h2-3,6-10,17,24H,4-5,11-13H2,1H3/t17-/m1/s1. The van der Waals surface area contributed by atoms with E-state index in [0.717, 1.165) is 60.4 Å². The zero-order valence-corrected chi connectivity index (χ0v) is 14.8. The Bertz CT molecular complexity index is 887. The van der Waals surface area contributed by atoms with Crippen molar-refractivity contribution >= 4 is 5.71 Å². The Labute approximate surface area is 152 Å². The number of hydrogen-bond acceptors (Lipinski definition) is 5. The zero-order chi connectivity index (χ0) is 17.7. The summed E-state index contributed by atoms with van der Waals surface area (Å²) < 4.78 is 12.1. The third-order valence-electron chi connectivity index (χ3n) is 5.81. The lowest BCUT2D eigenvalue weighted by atomic mass is 9.93. The van der Waals surface area contributed by atoms with Gasteiger partial charge in [0.15, 0.2) is 17.2 Å². The molecule has 0 saturated heterocycles. The highest BCUT2D eigenvalue weighted by Crippen LogP contribution is 2.54. The summed E-state index contributed by atoms with van der Waals surface area (Å²) in [4.78, 5) is 0. The number of para-hydroxylation sites is 2. The van der Waals surface area contributed by atoms with Crippen LogP contribution in [0.1, 0.15) is 49.3 Å². The monoisotopic (exact) mass is 350 g/mol. The van der Waals surface area contributed by atoms with Gasteiger partial charge in [-0.25, -0.2) is 5.01 Å². The summed E-state index contributed by atoms with van der Waals surface area (Å²) in [5, 5.41) is 17.4. The maximum absolute atomic E-state index is 10.3. The van der Waals surface area contributed by atoms with Crippen LogP contribution >= 0.6 is 0 Å². The van der Waals surface area contributed by atoms with Gasteiger partial charge in [-0.05, 0) is 31.0 Å². The fourth-order valence-electron chi connectivity index (χ4n) is 4.57. The summed E-state index contributed by atoms with van der Waals surface area (Å²) in [7, 11) is 1.69. The molecule has 0 amide bonds. The first kappa shape index (κ1) is 15.6. The smallest absolute Gasteiger partial charge is 0.198 e. The molecule has 26 heavy (non-hydrogen) atoms. The minimum atomic E-state index is -0.404. The van der Waals surface area contributed by atoms with Crippen molar-refractivity contribution in [2.45, 2.75) is 43.9 Å². The summed E-state index contributed by atoms with van der Waals surface area (Å²) in [6, 6.07) is 13.6. The number of phenols is 1. The predicted molar refractivity (Wildman–Crippen MR) is 98.7 cm³/mol. The van der Waals surface area contributed by atoms with Crippen LogP contribution in [0.4, 0.5) is 0 Å². The number of nitrogens with zero attached hydrogens (tertiary/aromatic N) is 2. The van der Waals surface area contributed by atoms with Crippen LogP contribution in [0.15, 0.2) is 47.6 Å². The van der Waals surface area contributed by atoms with Crippen molar-refractivity contribution in [1.29, 1.82) is 0 Å². The van der Waals surface area contributed by atoms with Crippen LogP contribution in [-0.2, 0) is 0 Å². The van der Waals surface area contributed by atoms with Crippen molar-refractivity contribution in [1.82, 2.24) is 5.01 Å². The minimum absolute atomic E-state index is 0.113. The van der Waals surface area contributed by atoms with E-state index in [1.54, 1.807) is 13.2 Å². The van der Waals surface area contributed by atoms with Crippen LogP contribution < -0.4 is 9.47 Å². The van der Waals surface area contributed by atoms with Gasteiger partial charge in [-0.3, -0.25) is 0 Å². The highest BCUT2D eigenvalue weighted by molar-refractivity contribution is 6.04. The van der Waals surface area contributed by atoms with Gasteiger partial charge in [0.05, 0.1) is 18.9 Å². The fraction of sp³-hybridized carbons (Fsp3) is 0.381. The number of rotatable bonds is 2. The number of benzene rings is 2.